The van der Waals surface area contributed by atoms with E-state index < -0.39 is 63.8 Å². The van der Waals surface area contributed by atoms with E-state index in [4.69, 9.17) is 24.8 Å². The SMILES string of the molecule is CCCCC/C=C\C=C/[C@@H](O)C/C=C\C/C=C/CCCC(=O)OC[C@H](COP(=O)(O)OC[C@H](N)C(=O)O)OC(=O)CCCCCCC/C=C\CCCCCC. The second kappa shape index (κ2) is 36.8. The number of hydrogen-bond acceptors (Lipinski definition) is 10. The average molecular weight is 798 g/mol. The molecule has 316 valence electrons. The lowest BCUT2D eigenvalue weighted by Crippen LogP contribution is -2.34. The zero-order chi connectivity index (χ0) is 40.8. The summed E-state index contributed by atoms with van der Waals surface area (Å²) in [6, 6.07) is -1.54. The van der Waals surface area contributed by atoms with Crippen LogP contribution in [0.3, 0.4) is 0 Å². The van der Waals surface area contributed by atoms with Gasteiger partial charge < -0.3 is 30.3 Å². The third kappa shape index (κ3) is 36.5. The molecule has 4 atom stereocenters. The topological polar surface area (TPSA) is 192 Å². The summed E-state index contributed by atoms with van der Waals surface area (Å²) in [6.45, 7) is 2.58. The Morgan fingerprint density at radius 2 is 1.20 bits per heavy atom. The highest BCUT2D eigenvalue weighted by atomic mass is 31.2. The Labute approximate surface area is 330 Å². The molecule has 0 aromatic heterocycles. The number of allylic oxidation sites excluding steroid dienone is 8. The molecule has 1 unspecified atom stereocenters. The van der Waals surface area contributed by atoms with Crippen molar-refractivity contribution in [2.24, 2.45) is 5.73 Å². The van der Waals surface area contributed by atoms with E-state index in [1.165, 1.54) is 44.9 Å². The van der Waals surface area contributed by atoms with Crippen LogP contribution in [0.2, 0.25) is 0 Å². The van der Waals surface area contributed by atoms with E-state index in [0.717, 1.165) is 44.9 Å². The Morgan fingerprint density at radius 1 is 0.655 bits per heavy atom. The maximum absolute atomic E-state index is 12.6. The molecule has 0 rings (SSSR count). The molecular formula is C42H72NO11P. The molecule has 0 spiro atoms. The Bertz CT molecular complexity index is 1180. The molecule has 0 saturated heterocycles. The van der Waals surface area contributed by atoms with E-state index >= 15 is 0 Å². The van der Waals surface area contributed by atoms with Crippen molar-refractivity contribution in [3.8, 4) is 0 Å². The quantitative estimate of drug-likeness (QED) is 0.0153. The molecule has 0 heterocycles. The molecular weight excluding hydrogens is 725 g/mol. The number of carbonyl (C=O) groups excluding carboxylic acids is 2. The van der Waals surface area contributed by atoms with E-state index in [1.54, 1.807) is 6.08 Å². The molecule has 0 saturated carbocycles. The summed E-state index contributed by atoms with van der Waals surface area (Å²) in [5.41, 5.74) is 5.31. The van der Waals surface area contributed by atoms with E-state index in [1.807, 2.05) is 36.5 Å². The van der Waals surface area contributed by atoms with Crippen molar-refractivity contribution in [1.29, 1.82) is 0 Å². The summed E-state index contributed by atoms with van der Waals surface area (Å²) in [5.74, 6) is -2.52. The molecule has 0 aromatic carbocycles. The predicted octanol–water partition coefficient (Wildman–Crippen LogP) is 9.36. The zero-order valence-corrected chi connectivity index (χ0v) is 34.5. The van der Waals surface area contributed by atoms with Crippen LogP contribution in [0, 0.1) is 0 Å². The lowest BCUT2D eigenvalue weighted by atomic mass is 10.1. The highest BCUT2D eigenvalue weighted by molar-refractivity contribution is 7.47. The second-order valence-electron chi connectivity index (χ2n) is 13.6. The van der Waals surface area contributed by atoms with Gasteiger partial charge in [-0.3, -0.25) is 23.4 Å². The summed E-state index contributed by atoms with van der Waals surface area (Å²) in [5, 5.41) is 18.9. The minimum absolute atomic E-state index is 0.108. The van der Waals surface area contributed by atoms with Crippen molar-refractivity contribution >= 4 is 25.7 Å². The Kier molecular flexibility index (Phi) is 34.8. The summed E-state index contributed by atoms with van der Waals surface area (Å²) in [4.78, 5) is 45.8. The normalized spacial score (nSPS) is 15.0. The first kappa shape index (κ1) is 52.1. The Hall–Kier alpha value is -2.86. The third-order valence-electron chi connectivity index (χ3n) is 8.32. The number of rotatable bonds is 37. The van der Waals surface area contributed by atoms with Crippen molar-refractivity contribution in [3.05, 3.63) is 60.8 Å². The summed E-state index contributed by atoms with van der Waals surface area (Å²) in [6.07, 6.45) is 37.5. The molecule has 0 amide bonds. The molecule has 0 bridgehead atoms. The smallest absolute Gasteiger partial charge is 0.472 e. The number of nitrogens with two attached hydrogens (primary N) is 1. The first-order chi connectivity index (χ1) is 26.5. The van der Waals surface area contributed by atoms with Gasteiger partial charge in [0.2, 0.25) is 0 Å². The Morgan fingerprint density at radius 3 is 1.91 bits per heavy atom. The molecule has 12 nitrogen and oxygen atoms in total. The van der Waals surface area contributed by atoms with Crippen molar-refractivity contribution in [1.82, 2.24) is 0 Å². The van der Waals surface area contributed by atoms with Crippen LogP contribution in [0.15, 0.2) is 60.8 Å². The number of ether oxygens (including phenoxy) is 2. The van der Waals surface area contributed by atoms with Gasteiger partial charge in [0.05, 0.1) is 19.3 Å². The molecule has 0 aliphatic rings. The number of carboxylic acids is 1. The highest BCUT2D eigenvalue weighted by Gasteiger charge is 2.28. The van der Waals surface area contributed by atoms with Crippen molar-refractivity contribution in [3.63, 3.8) is 0 Å². The minimum atomic E-state index is -4.74. The number of phosphoric acid groups is 1. The summed E-state index contributed by atoms with van der Waals surface area (Å²) in [7, 11) is -4.74. The standard InChI is InChI=1S/C42H72NO11P/c1-3-5-7-9-11-12-13-14-15-16-20-25-29-33-41(46)54-38(35-52-55(49,50)53-36-39(43)42(47)48)34-51-40(45)32-28-24-21-17-19-23-27-31-37(44)30-26-22-18-10-8-6-4-2/h12-13,17-18,21-23,26-27,30,37-39,44H,3-11,14-16,19-20,24-25,28-29,31-36,43H2,1-2H3,(H,47,48)(H,49,50)/b13-12-,21-17+,22-18-,27-23-,30-26-/t37-,38-,39+/m1/s1. The van der Waals surface area contributed by atoms with Crippen LogP contribution < -0.4 is 5.73 Å². The van der Waals surface area contributed by atoms with Gasteiger partial charge in [-0.15, -0.1) is 0 Å². The van der Waals surface area contributed by atoms with E-state index in [9.17, 15) is 28.9 Å². The molecule has 0 aliphatic carbocycles. The highest BCUT2D eigenvalue weighted by Crippen LogP contribution is 2.43. The third-order valence-corrected chi connectivity index (χ3v) is 9.27. The van der Waals surface area contributed by atoms with E-state index in [0.29, 0.717) is 32.1 Å². The van der Waals surface area contributed by atoms with Crippen molar-refractivity contribution in [2.75, 3.05) is 19.8 Å². The van der Waals surface area contributed by atoms with Gasteiger partial charge in [0.1, 0.15) is 12.6 Å². The van der Waals surface area contributed by atoms with Crippen LogP contribution in [0.4, 0.5) is 0 Å². The van der Waals surface area contributed by atoms with E-state index in [2.05, 4.69) is 36.6 Å². The number of aliphatic hydroxyl groups excluding tert-OH is 1. The van der Waals surface area contributed by atoms with Crippen LogP contribution >= 0.6 is 7.82 Å². The van der Waals surface area contributed by atoms with E-state index in [-0.39, 0.29) is 12.8 Å². The number of aliphatic carboxylic acids is 1. The summed E-state index contributed by atoms with van der Waals surface area (Å²) < 4.78 is 32.5. The molecule has 55 heavy (non-hydrogen) atoms. The lowest BCUT2D eigenvalue weighted by Gasteiger charge is -2.20. The monoisotopic (exact) mass is 797 g/mol. The molecule has 0 aromatic rings. The van der Waals surface area contributed by atoms with Gasteiger partial charge in [0.15, 0.2) is 6.10 Å². The van der Waals surface area contributed by atoms with Gasteiger partial charge in [-0.25, -0.2) is 4.57 Å². The van der Waals surface area contributed by atoms with Gasteiger partial charge >= 0.3 is 25.7 Å². The maximum atomic E-state index is 12.6. The minimum Gasteiger partial charge on any atom is -0.480 e. The maximum Gasteiger partial charge on any atom is 0.472 e. The molecule has 5 N–H and O–H groups in total. The number of phosphoric ester groups is 1. The molecule has 0 fully saturated rings. The summed E-state index contributed by atoms with van der Waals surface area (Å²) >= 11 is 0. The van der Waals surface area contributed by atoms with Crippen LogP contribution in [-0.2, 0) is 37.5 Å². The fourth-order valence-electron chi connectivity index (χ4n) is 5.01. The lowest BCUT2D eigenvalue weighted by molar-refractivity contribution is -0.161. The van der Waals surface area contributed by atoms with Crippen molar-refractivity contribution in [2.45, 2.75) is 167 Å². The van der Waals surface area contributed by atoms with Gasteiger partial charge in [0.25, 0.3) is 0 Å². The number of carbonyl (C=O) groups is 3. The van der Waals surface area contributed by atoms with Crippen LogP contribution in [0.1, 0.15) is 149 Å². The average Bonchev–Trinajstić information content (AvgIpc) is 3.15. The number of esters is 2. The number of hydrogen-bond donors (Lipinski definition) is 4. The van der Waals surface area contributed by atoms with Crippen LogP contribution in [0.5, 0.6) is 0 Å². The fraction of sp³-hybridized carbons (Fsp3) is 0.690. The first-order valence-electron chi connectivity index (χ1n) is 20.4. The first-order valence-corrected chi connectivity index (χ1v) is 21.9. The second-order valence-corrected chi connectivity index (χ2v) is 15.1. The van der Waals surface area contributed by atoms with Crippen molar-refractivity contribution < 1.29 is 52.6 Å². The number of aliphatic hydroxyl groups is 1. The largest absolute Gasteiger partial charge is 0.480 e. The zero-order valence-electron chi connectivity index (χ0n) is 33.6. The number of unbranched alkanes of at least 4 members (excludes halogenated alkanes) is 13. The Balaban J connectivity index is 4.58. The van der Waals surface area contributed by atoms with Crippen LogP contribution in [-0.4, -0.2) is 71.1 Å². The van der Waals surface area contributed by atoms with Gasteiger partial charge in [0, 0.05) is 12.8 Å². The van der Waals surface area contributed by atoms with Gasteiger partial charge in [-0.2, -0.15) is 0 Å². The van der Waals surface area contributed by atoms with Gasteiger partial charge in [-0.05, 0) is 70.6 Å². The fourth-order valence-corrected chi connectivity index (χ4v) is 5.79. The molecule has 13 heteroatoms. The predicted molar refractivity (Wildman–Crippen MR) is 218 cm³/mol. The van der Waals surface area contributed by atoms with Gasteiger partial charge in [-0.1, -0.05) is 126 Å². The van der Waals surface area contributed by atoms with Crippen LogP contribution in [0.25, 0.3) is 0 Å². The molecule has 0 aliphatic heterocycles. The number of carboxylic acid groups (broad SMARTS) is 1. The molecule has 0 radical (unpaired) electrons.